The second-order valence-corrected chi connectivity index (χ2v) is 7.83. The van der Waals surface area contributed by atoms with Crippen LogP contribution in [0.1, 0.15) is 24.8 Å². The number of amides is 1. The van der Waals surface area contributed by atoms with Crippen LogP contribution in [0.15, 0.2) is 12.4 Å². The van der Waals surface area contributed by atoms with Gasteiger partial charge in [-0.05, 0) is 19.3 Å². The predicted molar refractivity (Wildman–Crippen MR) is 103 cm³/mol. The number of aliphatic carboxylic acids is 1. The summed E-state index contributed by atoms with van der Waals surface area (Å²) < 4.78 is 45.3. The molecule has 0 spiro atoms. The first kappa shape index (κ1) is 25.1. The Hall–Kier alpha value is -2.18. The highest BCUT2D eigenvalue weighted by atomic mass is 19.4. The summed E-state index contributed by atoms with van der Waals surface area (Å²) >= 11 is 0. The molecule has 1 N–H and O–H groups in total. The van der Waals surface area contributed by atoms with Gasteiger partial charge in [0.05, 0.1) is 25.0 Å². The Morgan fingerprint density at radius 3 is 2.55 bits per heavy atom. The fraction of sp³-hybridized carbons (Fsp3) is 0.737. The summed E-state index contributed by atoms with van der Waals surface area (Å²) in [5.74, 6) is -2.76. The number of carboxylic acid groups (broad SMARTS) is 1. The van der Waals surface area contributed by atoms with E-state index in [-0.39, 0.29) is 24.7 Å². The third-order valence-electron chi connectivity index (χ3n) is 5.17. The minimum Gasteiger partial charge on any atom is -0.475 e. The number of alkyl halides is 3. The molecule has 0 radical (unpaired) electrons. The largest absolute Gasteiger partial charge is 0.490 e. The summed E-state index contributed by atoms with van der Waals surface area (Å²) in [6, 6.07) is 0.491. The van der Waals surface area contributed by atoms with Gasteiger partial charge in [-0.15, -0.1) is 0 Å². The Morgan fingerprint density at radius 2 is 2.00 bits per heavy atom. The quantitative estimate of drug-likeness (QED) is 0.697. The van der Waals surface area contributed by atoms with Crippen molar-refractivity contribution in [2.45, 2.75) is 50.2 Å². The molecule has 2 saturated heterocycles. The lowest BCUT2D eigenvalue weighted by molar-refractivity contribution is -0.192. The minimum atomic E-state index is -5.08. The number of likely N-dealkylation sites (tertiary alicyclic amines) is 1. The molecule has 2 aliphatic rings. The van der Waals surface area contributed by atoms with Gasteiger partial charge in [0.1, 0.15) is 6.61 Å². The molecule has 1 aromatic rings. The molecule has 31 heavy (non-hydrogen) atoms. The first-order valence-electron chi connectivity index (χ1n) is 9.92. The first-order valence-corrected chi connectivity index (χ1v) is 9.92. The summed E-state index contributed by atoms with van der Waals surface area (Å²) in [5, 5.41) is 11.4. The number of fused-ring (bicyclic) bond motifs is 1. The van der Waals surface area contributed by atoms with E-state index in [0.717, 1.165) is 32.4 Å². The van der Waals surface area contributed by atoms with Gasteiger partial charge < -0.3 is 19.5 Å². The molecule has 3 rings (SSSR count). The van der Waals surface area contributed by atoms with Gasteiger partial charge in [0.2, 0.25) is 5.91 Å². The second-order valence-electron chi connectivity index (χ2n) is 7.83. The van der Waals surface area contributed by atoms with Crippen LogP contribution in [-0.4, -0.2) is 94.8 Å². The smallest absolute Gasteiger partial charge is 0.475 e. The number of aromatic nitrogens is 2. The summed E-state index contributed by atoms with van der Waals surface area (Å²) in [6.45, 7) is 2.65. The maximum atomic E-state index is 11.5. The van der Waals surface area contributed by atoms with Crippen LogP contribution in [0.3, 0.4) is 0 Å². The minimum absolute atomic E-state index is 0.00722. The lowest BCUT2D eigenvalue weighted by Gasteiger charge is -2.35. The summed E-state index contributed by atoms with van der Waals surface area (Å²) in [4.78, 5) is 24.5. The summed E-state index contributed by atoms with van der Waals surface area (Å²) in [6.07, 6.45) is 2.51. The number of carboxylic acids is 1. The van der Waals surface area contributed by atoms with Crippen LogP contribution in [0, 0.1) is 0 Å². The van der Waals surface area contributed by atoms with Crippen LogP contribution in [0.2, 0.25) is 0 Å². The molecule has 1 amide bonds. The third-order valence-corrected chi connectivity index (χ3v) is 5.17. The molecule has 0 aliphatic carbocycles. The molecule has 0 saturated carbocycles. The Balaban J connectivity index is 0.000000423. The highest BCUT2D eigenvalue weighted by Crippen LogP contribution is 2.32. The second kappa shape index (κ2) is 10.9. The number of aryl methyl sites for hydroxylation is 1. The fourth-order valence-corrected chi connectivity index (χ4v) is 3.60. The molecule has 0 aromatic carbocycles. The molecule has 2 aliphatic heterocycles. The van der Waals surface area contributed by atoms with Crippen molar-refractivity contribution in [2.24, 2.45) is 7.05 Å². The topological polar surface area (TPSA) is 97.1 Å². The van der Waals surface area contributed by atoms with Crippen molar-refractivity contribution < 1.29 is 37.3 Å². The lowest BCUT2D eigenvalue weighted by Crippen LogP contribution is -2.43. The highest BCUT2D eigenvalue weighted by Gasteiger charge is 2.40. The zero-order chi connectivity index (χ0) is 23.2. The van der Waals surface area contributed by atoms with Crippen molar-refractivity contribution in [3.8, 4) is 0 Å². The van der Waals surface area contributed by atoms with Gasteiger partial charge in [-0.3, -0.25) is 14.4 Å². The number of nitrogens with zero attached hydrogens (tertiary/aromatic N) is 4. The average Bonchev–Trinajstić information content (AvgIpc) is 3.27. The van der Waals surface area contributed by atoms with Gasteiger partial charge in [0.15, 0.2) is 0 Å². The van der Waals surface area contributed by atoms with Crippen LogP contribution in [-0.2, 0) is 32.7 Å². The van der Waals surface area contributed by atoms with E-state index in [4.69, 9.17) is 19.4 Å². The molecule has 0 unspecified atom stereocenters. The van der Waals surface area contributed by atoms with E-state index in [1.54, 1.807) is 19.0 Å². The number of likely N-dealkylation sites (N-methyl/N-ethyl adjacent to an activating group) is 1. The number of carbonyl (C=O) groups excluding carboxylic acids is 1. The van der Waals surface area contributed by atoms with Crippen LogP contribution >= 0.6 is 0 Å². The Morgan fingerprint density at radius 1 is 1.32 bits per heavy atom. The van der Waals surface area contributed by atoms with E-state index < -0.39 is 12.1 Å². The number of hydrogen-bond acceptors (Lipinski definition) is 6. The molecular weight excluding hydrogens is 421 g/mol. The van der Waals surface area contributed by atoms with Crippen molar-refractivity contribution >= 4 is 11.9 Å². The van der Waals surface area contributed by atoms with Crippen LogP contribution in [0.25, 0.3) is 0 Å². The number of halogens is 3. The summed E-state index contributed by atoms with van der Waals surface area (Å²) in [7, 11) is 5.43. The standard InChI is InChI=1S/C17H28N4O3.C2HF3O2/c1-19(2)17(22)12-23-11-14-4-5-15-16(24-14)6-7-21(15)10-13-8-18-20(3)9-13;3-2(4,5)1(6)7/h8-9,14-16H,4-7,10-12H2,1-3H3;(H,6,7)/t14-,15-,16-;/m1./s1. The van der Waals surface area contributed by atoms with Crippen molar-refractivity contribution in [1.82, 2.24) is 19.6 Å². The molecule has 176 valence electrons. The number of carbonyl (C=O) groups is 2. The molecule has 9 nitrogen and oxygen atoms in total. The van der Waals surface area contributed by atoms with E-state index in [0.29, 0.717) is 12.6 Å². The van der Waals surface area contributed by atoms with Crippen LogP contribution < -0.4 is 0 Å². The maximum Gasteiger partial charge on any atom is 0.490 e. The molecule has 1 aromatic heterocycles. The van der Waals surface area contributed by atoms with Gasteiger partial charge in [-0.25, -0.2) is 4.79 Å². The van der Waals surface area contributed by atoms with E-state index in [2.05, 4.69) is 16.2 Å². The summed E-state index contributed by atoms with van der Waals surface area (Å²) in [5.41, 5.74) is 1.26. The Kier molecular flexibility index (Phi) is 8.83. The zero-order valence-corrected chi connectivity index (χ0v) is 17.8. The monoisotopic (exact) mass is 450 g/mol. The predicted octanol–water partition coefficient (Wildman–Crippen LogP) is 1.28. The van der Waals surface area contributed by atoms with Crippen LogP contribution in [0.4, 0.5) is 13.2 Å². The number of ether oxygens (including phenoxy) is 2. The lowest BCUT2D eigenvalue weighted by atomic mass is 9.99. The molecule has 12 heteroatoms. The normalized spacial score (nSPS) is 23.6. The van der Waals surface area contributed by atoms with Gasteiger partial charge in [0.25, 0.3) is 0 Å². The SMILES string of the molecule is CN(C)C(=O)COC[C@H]1CC[C@@H]2[C@@H](CCN2Cc2cnn(C)c2)O1.O=C(O)C(F)(F)F. The highest BCUT2D eigenvalue weighted by molar-refractivity contribution is 5.76. The Labute approximate surface area is 178 Å². The van der Waals surface area contributed by atoms with Gasteiger partial charge in [0, 0.05) is 52.0 Å². The van der Waals surface area contributed by atoms with Crippen molar-refractivity contribution in [2.75, 3.05) is 33.9 Å². The van der Waals surface area contributed by atoms with E-state index >= 15 is 0 Å². The Bertz CT molecular complexity index is 740. The van der Waals surface area contributed by atoms with Gasteiger partial charge in [-0.2, -0.15) is 18.3 Å². The molecule has 2 fully saturated rings. The molecule has 3 atom stereocenters. The van der Waals surface area contributed by atoms with Gasteiger partial charge in [-0.1, -0.05) is 0 Å². The van der Waals surface area contributed by atoms with E-state index in [9.17, 15) is 18.0 Å². The third kappa shape index (κ3) is 7.78. The van der Waals surface area contributed by atoms with Crippen molar-refractivity contribution in [1.29, 1.82) is 0 Å². The number of rotatable bonds is 6. The van der Waals surface area contributed by atoms with Crippen LogP contribution in [0.5, 0.6) is 0 Å². The van der Waals surface area contributed by atoms with Crippen molar-refractivity contribution in [3.05, 3.63) is 18.0 Å². The van der Waals surface area contributed by atoms with E-state index in [1.807, 2.05) is 17.9 Å². The molecular formula is C19H29F3N4O5. The average molecular weight is 450 g/mol. The molecule has 0 bridgehead atoms. The molecule has 3 heterocycles. The number of hydrogen-bond donors (Lipinski definition) is 1. The van der Waals surface area contributed by atoms with E-state index in [1.165, 1.54) is 5.56 Å². The maximum absolute atomic E-state index is 11.5. The van der Waals surface area contributed by atoms with Crippen molar-refractivity contribution in [3.63, 3.8) is 0 Å². The van der Waals surface area contributed by atoms with Gasteiger partial charge >= 0.3 is 12.1 Å². The first-order chi connectivity index (χ1) is 14.5. The zero-order valence-electron chi connectivity index (χ0n) is 17.8. The fourth-order valence-electron chi connectivity index (χ4n) is 3.60.